The van der Waals surface area contributed by atoms with Crippen molar-refractivity contribution in [2.24, 2.45) is 0 Å². The van der Waals surface area contributed by atoms with Crippen molar-refractivity contribution in [3.63, 3.8) is 0 Å². The van der Waals surface area contributed by atoms with Crippen LogP contribution in [0, 0.1) is 0 Å². The van der Waals surface area contributed by atoms with Crippen LogP contribution in [0.4, 0.5) is 5.95 Å². The van der Waals surface area contributed by atoms with Gasteiger partial charge in [-0.3, -0.25) is 0 Å². The first-order valence-corrected chi connectivity index (χ1v) is 9.98. The van der Waals surface area contributed by atoms with E-state index >= 15 is 0 Å². The molecule has 0 radical (unpaired) electrons. The number of anilines is 1. The summed E-state index contributed by atoms with van der Waals surface area (Å²) in [5, 5.41) is 9.53. The summed E-state index contributed by atoms with van der Waals surface area (Å²) in [6, 6.07) is 20.3. The summed E-state index contributed by atoms with van der Waals surface area (Å²) in [6.45, 7) is 2.50. The number of aromatic nitrogens is 2. The third-order valence-electron chi connectivity index (χ3n) is 4.55. The van der Waals surface area contributed by atoms with Crippen molar-refractivity contribution in [3.8, 4) is 17.0 Å². The van der Waals surface area contributed by atoms with Crippen molar-refractivity contribution in [2.45, 2.75) is 12.5 Å². The topological polar surface area (TPSA) is 71.1 Å². The first-order valence-electron chi connectivity index (χ1n) is 9.98. The molecule has 0 spiro atoms. The fraction of sp³-hybridized carbons (Fsp3) is 0.304. The molecule has 29 heavy (non-hydrogen) atoms. The molecule has 3 N–H and O–H groups in total. The second kappa shape index (κ2) is 11.1. The van der Waals surface area contributed by atoms with Gasteiger partial charge in [-0.1, -0.05) is 42.5 Å². The highest BCUT2D eigenvalue weighted by molar-refractivity contribution is 5.62. The molecule has 0 unspecified atom stereocenters. The molecule has 1 aromatic heterocycles. The Kier molecular flexibility index (Phi) is 7.98. The first-order chi connectivity index (χ1) is 14.3. The average molecular weight is 392 g/mol. The van der Waals surface area contributed by atoms with Crippen LogP contribution in [-0.4, -0.2) is 43.7 Å². The van der Waals surface area contributed by atoms with E-state index in [1.807, 2.05) is 62.6 Å². The van der Waals surface area contributed by atoms with Crippen molar-refractivity contribution >= 4 is 5.95 Å². The smallest absolute Gasteiger partial charge is 0.223 e. The molecular weight excluding hydrogens is 362 g/mol. The van der Waals surface area contributed by atoms with Crippen LogP contribution in [0.5, 0.6) is 5.75 Å². The third-order valence-corrected chi connectivity index (χ3v) is 4.55. The molecule has 0 saturated carbocycles. The van der Waals surface area contributed by atoms with Gasteiger partial charge in [0.1, 0.15) is 11.9 Å². The molecule has 1 atom stereocenters. The molecule has 1 heterocycles. The zero-order valence-electron chi connectivity index (χ0n) is 17.1. The van der Waals surface area contributed by atoms with E-state index in [1.54, 1.807) is 6.20 Å². The molecule has 0 saturated heterocycles. The lowest BCUT2D eigenvalue weighted by Gasteiger charge is -2.20. The normalized spacial score (nSPS) is 11.8. The Bertz CT molecular complexity index is 872. The van der Waals surface area contributed by atoms with E-state index in [1.165, 1.54) is 5.56 Å². The van der Waals surface area contributed by atoms with E-state index in [2.05, 4.69) is 38.1 Å². The Morgan fingerprint density at radius 1 is 0.897 bits per heavy atom. The fourth-order valence-corrected chi connectivity index (χ4v) is 3.03. The highest BCUT2D eigenvalue weighted by Crippen LogP contribution is 2.28. The van der Waals surface area contributed by atoms with Gasteiger partial charge in [0.05, 0.1) is 5.69 Å². The number of benzene rings is 2. The Balaban J connectivity index is 1.77. The maximum atomic E-state index is 6.37. The summed E-state index contributed by atoms with van der Waals surface area (Å²) >= 11 is 0. The van der Waals surface area contributed by atoms with Gasteiger partial charge in [-0.15, -0.1) is 0 Å². The van der Waals surface area contributed by atoms with E-state index in [9.17, 15) is 0 Å². The van der Waals surface area contributed by atoms with Crippen LogP contribution in [0.2, 0.25) is 0 Å². The van der Waals surface area contributed by atoms with Gasteiger partial charge in [0.25, 0.3) is 0 Å². The summed E-state index contributed by atoms with van der Waals surface area (Å²) in [7, 11) is 3.88. The molecular formula is C23H29N5O. The van der Waals surface area contributed by atoms with Gasteiger partial charge < -0.3 is 20.7 Å². The van der Waals surface area contributed by atoms with Crippen molar-refractivity contribution < 1.29 is 4.74 Å². The standard InChI is InChI=1S/C23H29N5O/c1-24-13-12-22(18-7-4-3-5-8-18)29-20-10-6-9-19(17-20)21-11-14-26-23(28-21)27-16-15-25-2/h3-11,14,17,22,24-25H,12-13,15-16H2,1-2H3,(H,26,27,28)/t22-/m0/s1. The van der Waals surface area contributed by atoms with Crippen molar-refractivity contribution in [1.82, 2.24) is 20.6 Å². The van der Waals surface area contributed by atoms with E-state index in [-0.39, 0.29) is 6.10 Å². The van der Waals surface area contributed by atoms with E-state index < -0.39 is 0 Å². The van der Waals surface area contributed by atoms with E-state index in [0.717, 1.165) is 43.1 Å². The Hall–Kier alpha value is -2.96. The average Bonchev–Trinajstić information content (AvgIpc) is 2.78. The number of likely N-dealkylation sites (N-methyl/N-ethyl adjacent to an activating group) is 1. The van der Waals surface area contributed by atoms with E-state index in [4.69, 9.17) is 4.74 Å². The molecule has 0 aliphatic heterocycles. The summed E-state index contributed by atoms with van der Waals surface area (Å²) in [5.41, 5.74) is 3.04. The predicted molar refractivity (Wildman–Crippen MR) is 118 cm³/mol. The molecule has 0 aliphatic carbocycles. The van der Waals surface area contributed by atoms with Crippen LogP contribution in [0.15, 0.2) is 66.9 Å². The fourth-order valence-electron chi connectivity index (χ4n) is 3.03. The van der Waals surface area contributed by atoms with Gasteiger partial charge in [0.2, 0.25) is 5.95 Å². The molecule has 0 aliphatic rings. The lowest BCUT2D eigenvalue weighted by molar-refractivity contribution is 0.195. The summed E-state index contributed by atoms with van der Waals surface area (Å²) in [5.74, 6) is 1.45. The molecule has 6 nitrogen and oxygen atoms in total. The minimum Gasteiger partial charge on any atom is -0.486 e. The van der Waals surface area contributed by atoms with Crippen LogP contribution >= 0.6 is 0 Å². The van der Waals surface area contributed by atoms with Crippen LogP contribution in [0.3, 0.4) is 0 Å². The molecule has 2 aromatic carbocycles. The van der Waals surface area contributed by atoms with Crippen molar-refractivity contribution in [3.05, 3.63) is 72.4 Å². The molecule has 3 aromatic rings. The van der Waals surface area contributed by atoms with E-state index in [0.29, 0.717) is 5.95 Å². The molecule has 3 rings (SSSR count). The molecule has 0 amide bonds. The van der Waals surface area contributed by atoms with Gasteiger partial charge in [0.15, 0.2) is 0 Å². The number of rotatable bonds is 11. The first kappa shape index (κ1) is 20.8. The lowest BCUT2D eigenvalue weighted by Crippen LogP contribution is -2.18. The Morgan fingerprint density at radius 2 is 1.72 bits per heavy atom. The number of nitrogens with zero attached hydrogens (tertiary/aromatic N) is 2. The monoisotopic (exact) mass is 391 g/mol. The second-order valence-electron chi connectivity index (χ2n) is 6.73. The zero-order chi connectivity index (χ0) is 20.3. The minimum atomic E-state index is -0.0110. The molecule has 0 bridgehead atoms. The van der Waals surface area contributed by atoms with Gasteiger partial charge >= 0.3 is 0 Å². The van der Waals surface area contributed by atoms with Gasteiger partial charge in [-0.05, 0) is 44.4 Å². The summed E-state index contributed by atoms with van der Waals surface area (Å²) in [6.07, 6.45) is 2.65. The summed E-state index contributed by atoms with van der Waals surface area (Å²) < 4.78 is 6.37. The Labute approximate surface area is 172 Å². The van der Waals surface area contributed by atoms with Crippen LogP contribution in [0.1, 0.15) is 18.1 Å². The quantitative estimate of drug-likeness (QED) is 0.435. The minimum absolute atomic E-state index is 0.0110. The SMILES string of the molecule is CNCCNc1nccc(-c2cccc(O[C@@H](CCNC)c3ccccc3)c2)n1. The van der Waals surface area contributed by atoms with Crippen LogP contribution in [-0.2, 0) is 0 Å². The third kappa shape index (κ3) is 6.27. The highest BCUT2D eigenvalue weighted by Gasteiger charge is 2.13. The maximum absolute atomic E-state index is 6.37. The molecule has 152 valence electrons. The van der Waals surface area contributed by atoms with Gasteiger partial charge in [-0.25, -0.2) is 9.97 Å². The largest absolute Gasteiger partial charge is 0.486 e. The summed E-state index contributed by atoms with van der Waals surface area (Å²) in [4.78, 5) is 8.92. The maximum Gasteiger partial charge on any atom is 0.223 e. The van der Waals surface area contributed by atoms with Gasteiger partial charge in [-0.2, -0.15) is 0 Å². The Morgan fingerprint density at radius 3 is 2.52 bits per heavy atom. The zero-order valence-corrected chi connectivity index (χ0v) is 17.1. The van der Waals surface area contributed by atoms with Crippen molar-refractivity contribution in [2.75, 3.05) is 39.0 Å². The number of nitrogens with one attached hydrogen (secondary N) is 3. The van der Waals surface area contributed by atoms with Gasteiger partial charge in [0, 0.05) is 31.3 Å². The van der Waals surface area contributed by atoms with Crippen LogP contribution in [0.25, 0.3) is 11.3 Å². The number of hydrogen-bond acceptors (Lipinski definition) is 6. The predicted octanol–water partition coefficient (Wildman–Crippen LogP) is 3.50. The van der Waals surface area contributed by atoms with Crippen LogP contribution < -0.4 is 20.7 Å². The lowest BCUT2D eigenvalue weighted by atomic mass is 10.1. The number of hydrogen-bond donors (Lipinski definition) is 3. The second-order valence-corrected chi connectivity index (χ2v) is 6.73. The molecule has 6 heteroatoms. The van der Waals surface area contributed by atoms with Crippen molar-refractivity contribution in [1.29, 1.82) is 0 Å². The number of ether oxygens (including phenoxy) is 1. The highest BCUT2D eigenvalue weighted by atomic mass is 16.5. The molecule has 0 fully saturated rings.